The molecule has 3 N–H and O–H groups in total. The molecule has 0 saturated carbocycles. The molecule has 6 heteroatoms. The summed E-state index contributed by atoms with van der Waals surface area (Å²) < 4.78 is 1.53. The second-order valence-electron chi connectivity index (χ2n) is 4.34. The number of H-pyrrole nitrogens is 1. The van der Waals surface area contributed by atoms with Gasteiger partial charge in [0.1, 0.15) is 0 Å². The van der Waals surface area contributed by atoms with Gasteiger partial charge >= 0.3 is 5.69 Å². The van der Waals surface area contributed by atoms with Gasteiger partial charge in [-0.3, -0.25) is 4.57 Å². The first-order chi connectivity index (χ1) is 6.87. The minimum Gasteiger partial charge on any atom is -0.329 e. The van der Waals surface area contributed by atoms with Crippen molar-refractivity contribution in [1.29, 1.82) is 0 Å². The molecular formula is C9H18N4OS. The van der Waals surface area contributed by atoms with Crippen LogP contribution < -0.4 is 11.4 Å². The van der Waals surface area contributed by atoms with Crippen molar-refractivity contribution in [1.82, 2.24) is 14.8 Å². The van der Waals surface area contributed by atoms with Gasteiger partial charge in [0.15, 0.2) is 5.16 Å². The van der Waals surface area contributed by atoms with Crippen LogP contribution >= 0.6 is 11.8 Å². The lowest BCUT2D eigenvalue weighted by Gasteiger charge is -2.21. The highest BCUT2D eigenvalue weighted by molar-refractivity contribution is 8.00. The average Bonchev–Trinajstić information content (AvgIpc) is 2.46. The third-order valence-electron chi connectivity index (χ3n) is 2.05. The molecular weight excluding hydrogens is 212 g/mol. The molecule has 0 aliphatic heterocycles. The quantitative estimate of drug-likeness (QED) is 0.756. The Morgan fingerprint density at radius 1 is 1.60 bits per heavy atom. The molecule has 0 saturated heterocycles. The van der Waals surface area contributed by atoms with Crippen molar-refractivity contribution in [3.05, 3.63) is 10.5 Å². The minimum absolute atomic E-state index is 0.104. The minimum atomic E-state index is -0.166. The zero-order chi connectivity index (χ0) is 11.6. The first-order valence-electron chi connectivity index (χ1n) is 4.93. The predicted octanol–water partition coefficient (Wildman–Crippen LogP) is 0.982. The number of hydrogen-bond donors (Lipinski definition) is 2. The van der Waals surface area contributed by atoms with Crippen LogP contribution in [0.4, 0.5) is 0 Å². The lowest BCUT2D eigenvalue weighted by molar-refractivity contribution is 0.531. The molecule has 0 radical (unpaired) electrons. The van der Waals surface area contributed by atoms with Crippen LogP contribution in [0.2, 0.25) is 0 Å². The lowest BCUT2D eigenvalue weighted by Crippen LogP contribution is -2.28. The van der Waals surface area contributed by atoms with Crippen LogP contribution in [0, 0.1) is 0 Å². The van der Waals surface area contributed by atoms with Crippen LogP contribution in [0.25, 0.3) is 0 Å². The van der Waals surface area contributed by atoms with E-state index in [1.807, 2.05) is 27.7 Å². The maximum absolute atomic E-state index is 11.5. The molecule has 1 heterocycles. The molecule has 0 spiro atoms. The van der Waals surface area contributed by atoms with Gasteiger partial charge in [-0.05, 0) is 27.7 Å². The number of nitrogens with zero attached hydrogens (tertiary/aromatic N) is 2. The summed E-state index contributed by atoms with van der Waals surface area (Å²) in [6.07, 6.45) is 0. The fraction of sp³-hybridized carbons (Fsp3) is 0.778. The standard InChI is InChI=1S/C9H18N4OS/c1-6(2)13-7(14)11-12-8(13)15-9(3,4)5-10/h6H,5,10H2,1-4H3,(H,11,14). The van der Waals surface area contributed by atoms with Crippen molar-refractivity contribution in [3.63, 3.8) is 0 Å². The third kappa shape index (κ3) is 2.85. The van der Waals surface area contributed by atoms with Crippen molar-refractivity contribution in [2.75, 3.05) is 6.54 Å². The molecule has 0 aromatic carbocycles. The molecule has 0 amide bonds. The van der Waals surface area contributed by atoms with E-state index in [-0.39, 0.29) is 16.5 Å². The Hall–Kier alpha value is -0.750. The van der Waals surface area contributed by atoms with Crippen LogP contribution in [0.1, 0.15) is 33.7 Å². The van der Waals surface area contributed by atoms with Crippen molar-refractivity contribution in [3.8, 4) is 0 Å². The van der Waals surface area contributed by atoms with Crippen molar-refractivity contribution < 1.29 is 0 Å². The van der Waals surface area contributed by atoms with E-state index in [2.05, 4.69) is 10.2 Å². The summed E-state index contributed by atoms with van der Waals surface area (Å²) in [6.45, 7) is 8.51. The maximum atomic E-state index is 11.5. The van der Waals surface area contributed by atoms with E-state index in [9.17, 15) is 4.79 Å². The molecule has 1 aromatic heterocycles. The first-order valence-corrected chi connectivity index (χ1v) is 5.75. The van der Waals surface area contributed by atoms with Crippen LogP contribution in [-0.2, 0) is 0 Å². The average molecular weight is 230 g/mol. The molecule has 0 fully saturated rings. The Labute approximate surface area is 93.4 Å². The fourth-order valence-corrected chi connectivity index (χ4v) is 2.17. The Kier molecular flexibility index (Phi) is 3.62. The van der Waals surface area contributed by atoms with Gasteiger partial charge in [0.2, 0.25) is 0 Å². The van der Waals surface area contributed by atoms with E-state index < -0.39 is 0 Å². The second kappa shape index (κ2) is 4.40. The van der Waals surface area contributed by atoms with Gasteiger partial charge in [0.25, 0.3) is 0 Å². The zero-order valence-electron chi connectivity index (χ0n) is 9.57. The molecule has 0 unspecified atom stereocenters. The largest absolute Gasteiger partial charge is 0.344 e. The summed E-state index contributed by atoms with van der Waals surface area (Å²) in [5.41, 5.74) is 5.47. The van der Waals surface area contributed by atoms with Crippen molar-refractivity contribution in [2.24, 2.45) is 5.73 Å². The van der Waals surface area contributed by atoms with E-state index in [0.717, 1.165) is 0 Å². The number of nitrogens with one attached hydrogen (secondary N) is 1. The van der Waals surface area contributed by atoms with E-state index in [4.69, 9.17) is 5.73 Å². The normalized spacial score (nSPS) is 12.4. The molecule has 0 aliphatic rings. The fourth-order valence-electron chi connectivity index (χ4n) is 1.11. The summed E-state index contributed by atoms with van der Waals surface area (Å²) in [4.78, 5) is 11.5. The van der Waals surface area contributed by atoms with Gasteiger partial charge in [-0.25, -0.2) is 9.89 Å². The van der Waals surface area contributed by atoms with Crippen LogP contribution in [0.15, 0.2) is 9.95 Å². The van der Waals surface area contributed by atoms with Gasteiger partial charge in [0.05, 0.1) is 0 Å². The lowest BCUT2D eigenvalue weighted by atomic mass is 10.2. The van der Waals surface area contributed by atoms with Crippen molar-refractivity contribution in [2.45, 2.75) is 43.6 Å². The summed E-state index contributed by atoms with van der Waals surface area (Å²) in [6, 6.07) is 0.104. The molecule has 1 rings (SSSR count). The molecule has 5 nitrogen and oxygen atoms in total. The number of aromatic nitrogens is 3. The van der Waals surface area contributed by atoms with Gasteiger partial charge in [-0.15, -0.1) is 5.10 Å². The third-order valence-corrected chi connectivity index (χ3v) is 3.24. The van der Waals surface area contributed by atoms with Crippen LogP contribution in [0.3, 0.4) is 0 Å². The highest BCUT2D eigenvalue weighted by Crippen LogP contribution is 2.30. The summed E-state index contributed by atoms with van der Waals surface area (Å²) >= 11 is 1.52. The van der Waals surface area contributed by atoms with E-state index >= 15 is 0 Å². The number of rotatable bonds is 4. The predicted molar refractivity (Wildman–Crippen MR) is 62.2 cm³/mol. The van der Waals surface area contributed by atoms with E-state index in [1.165, 1.54) is 11.8 Å². The SMILES string of the molecule is CC(C)n1c(SC(C)(C)CN)n[nH]c1=O. The zero-order valence-corrected chi connectivity index (χ0v) is 10.4. The Morgan fingerprint density at radius 3 is 2.67 bits per heavy atom. The summed E-state index contributed by atoms with van der Waals surface area (Å²) in [5, 5.41) is 7.16. The first kappa shape index (κ1) is 12.3. The summed E-state index contributed by atoms with van der Waals surface area (Å²) in [7, 11) is 0. The van der Waals surface area contributed by atoms with Crippen LogP contribution in [0.5, 0.6) is 0 Å². The molecule has 0 bridgehead atoms. The molecule has 1 aromatic rings. The monoisotopic (exact) mass is 230 g/mol. The number of hydrogen-bond acceptors (Lipinski definition) is 4. The molecule has 0 aliphatic carbocycles. The van der Waals surface area contributed by atoms with Gasteiger partial charge < -0.3 is 5.73 Å². The number of nitrogens with two attached hydrogens (primary N) is 1. The Bertz CT molecular complexity index is 380. The van der Waals surface area contributed by atoms with E-state index in [0.29, 0.717) is 11.7 Å². The highest BCUT2D eigenvalue weighted by Gasteiger charge is 2.22. The molecule has 86 valence electrons. The molecule has 0 atom stereocenters. The van der Waals surface area contributed by atoms with E-state index in [1.54, 1.807) is 4.57 Å². The number of aromatic amines is 1. The second-order valence-corrected chi connectivity index (χ2v) is 6.02. The smallest absolute Gasteiger partial charge is 0.329 e. The maximum Gasteiger partial charge on any atom is 0.344 e. The Morgan fingerprint density at radius 2 is 2.20 bits per heavy atom. The Balaban J connectivity index is 3.01. The topological polar surface area (TPSA) is 76.7 Å². The highest BCUT2D eigenvalue weighted by atomic mass is 32.2. The summed E-state index contributed by atoms with van der Waals surface area (Å²) in [5.74, 6) is 0. The van der Waals surface area contributed by atoms with Gasteiger partial charge in [-0.2, -0.15) is 0 Å². The van der Waals surface area contributed by atoms with Crippen LogP contribution in [-0.4, -0.2) is 26.1 Å². The van der Waals surface area contributed by atoms with Gasteiger partial charge in [-0.1, -0.05) is 11.8 Å². The van der Waals surface area contributed by atoms with Gasteiger partial charge in [0, 0.05) is 17.3 Å². The van der Waals surface area contributed by atoms with Crippen molar-refractivity contribution >= 4 is 11.8 Å². The molecule has 15 heavy (non-hydrogen) atoms. The number of thioether (sulfide) groups is 1.